The summed E-state index contributed by atoms with van der Waals surface area (Å²) in [5, 5.41) is 15.1. The molecule has 48 heavy (non-hydrogen) atoms. The monoisotopic (exact) mass is 671 g/mol. The average molecular weight is 672 g/mol. The zero-order chi connectivity index (χ0) is 34.0. The van der Waals surface area contributed by atoms with Gasteiger partial charge in [-0.2, -0.15) is 0 Å². The summed E-state index contributed by atoms with van der Waals surface area (Å²) < 4.78 is 35.9. The summed E-state index contributed by atoms with van der Waals surface area (Å²) in [6.07, 6.45) is 1.66. The van der Waals surface area contributed by atoms with Gasteiger partial charge in [0.05, 0.1) is 21.9 Å². The van der Waals surface area contributed by atoms with Crippen molar-refractivity contribution in [3.63, 3.8) is 0 Å². The van der Waals surface area contributed by atoms with E-state index >= 15 is 0 Å². The summed E-state index contributed by atoms with van der Waals surface area (Å²) in [6.45, 7) is 0.311. The van der Waals surface area contributed by atoms with Crippen molar-refractivity contribution in [3.05, 3.63) is 118 Å². The van der Waals surface area contributed by atoms with Crippen LogP contribution in [0.2, 0.25) is 0 Å². The first-order valence-electron chi connectivity index (χ1n) is 15.5. The van der Waals surface area contributed by atoms with Gasteiger partial charge in [0.1, 0.15) is 18.0 Å². The number of hydrogen-bond acceptors (Lipinski definition) is 9. The van der Waals surface area contributed by atoms with Crippen molar-refractivity contribution in [1.29, 1.82) is 0 Å². The molecule has 4 aromatic carbocycles. The SMILES string of the molecule is NC(=O)O[C@@H](Cc1ccc(OCc2ccc(-c3ccccc3)cc2)cc1)C(=O)N(c1ccc(NC2CCCCC2)c([N+](=O)[O-])c1)S(=O)[O-]. The fourth-order valence-corrected chi connectivity index (χ4v) is 6.20. The van der Waals surface area contributed by atoms with Gasteiger partial charge in [-0.25, -0.2) is 9.10 Å². The lowest BCUT2D eigenvalue weighted by Gasteiger charge is -2.28. The van der Waals surface area contributed by atoms with E-state index in [2.05, 4.69) is 5.32 Å². The van der Waals surface area contributed by atoms with E-state index in [4.69, 9.17) is 15.2 Å². The quantitative estimate of drug-likeness (QED) is 0.0922. The molecule has 4 aromatic rings. The fourth-order valence-electron chi connectivity index (χ4n) is 5.65. The highest BCUT2D eigenvalue weighted by Gasteiger charge is 2.31. The highest BCUT2D eigenvalue weighted by Crippen LogP contribution is 2.33. The predicted octanol–water partition coefficient (Wildman–Crippen LogP) is 6.42. The average Bonchev–Trinajstić information content (AvgIpc) is 3.09. The lowest BCUT2D eigenvalue weighted by atomic mass is 9.95. The van der Waals surface area contributed by atoms with Crippen LogP contribution in [0.15, 0.2) is 97.1 Å². The Balaban J connectivity index is 1.27. The zero-order valence-corrected chi connectivity index (χ0v) is 26.8. The number of nitrogens with zero attached hydrogens (tertiary/aromatic N) is 2. The first-order valence-corrected chi connectivity index (χ1v) is 16.5. The lowest BCUT2D eigenvalue weighted by Crippen LogP contribution is -2.44. The molecule has 12 nitrogen and oxygen atoms in total. The summed E-state index contributed by atoms with van der Waals surface area (Å²) in [7, 11) is 0. The number of carbonyl (C=O) groups excluding carboxylic acids is 2. The number of nitrogens with two attached hydrogens (primary N) is 1. The minimum absolute atomic E-state index is 0.0475. The number of benzene rings is 4. The van der Waals surface area contributed by atoms with Crippen LogP contribution in [0.1, 0.15) is 43.2 Å². The molecule has 0 saturated heterocycles. The molecule has 1 fully saturated rings. The Morgan fingerprint density at radius 2 is 1.56 bits per heavy atom. The van der Waals surface area contributed by atoms with E-state index in [9.17, 15) is 28.5 Å². The van der Waals surface area contributed by atoms with E-state index in [0.29, 0.717) is 22.2 Å². The number of primary amides is 1. The van der Waals surface area contributed by atoms with E-state index in [1.54, 1.807) is 24.3 Å². The minimum atomic E-state index is -3.21. The van der Waals surface area contributed by atoms with Crippen LogP contribution in [-0.2, 0) is 33.8 Å². The second-order valence-corrected chi connectivity index (χ2v) is 12.2. The number of nitrogens with one attached hydrogen (secondary N) is 1. The van der Waals surface area contributed by atoms with Crippen molar-refractivity contribution < 1.29 is 32.7 Å². The van der Waals surface area contributed by atoms with E-state index < -0.39 is 40.0 Å². The summed E-state index contributed by atoms with van der Waals surface area (Å²) in [5.74, 6) is -0.607. The van der Waals surface area contributed by atoms with E-state index in [1.165, 1.54) is 12.1 Å². The maximum atomic E-state index is 13.5. The van der Waals surface area contributed by atoms with Crippen molar-refractivity contribution >= 4 is 40.3 Å². The largest absolute Gasteiger partial charge is 0.755 e. The molecular formula is C35H35N4O8S-. The van der Waals surface area contributed by atoms with Crippen LogP contribution in [0, 0.1) is 10.1 Å². The molecule has 0 aromatic heterocycles. The van der Waals surface area contributed by atoms with Crippen LogP contribution >= 0.6 is 0 Å². The molecule has 2 atom stereocenters. The van der Waals surface area contributed by atoms with E-state index in [0.717, 1.165) is 54.9 Å². The van der Waals surface area contributed by atoms with Crippen LogP contribution in [0.3, 0.4) is 0 Å². The fraction of sp³-hybridized carbons (Fsp3) is 0.257. The van der Waals surface area contributed by atoms with Crippen LogP contribution in [0.5, 0.6) is 5.75 Å². The van der Waals surface area contributed by atoms with E-state index in [1.807, 2.05) is 54.6 Å². The van der Waals surface area contributed by atoms with Crippen LogP contribution in [0.25, 0.3) is 11.1 Å². The van der Waals surface area contributed by atoms with Gasteiger partial charge in [-0.05, 0) is 59.4 Å². The third-order valence-electron chi connectivity index (χ3n) is 8.07. The smallest absolute Gasteiger partial charge is 0.405 e. The topological polar surface area (TPSA) is 177 Å². The zero-order valence-electron chi connectivity index (χ0n) is 26.0. The summed E-state index contributed by atoms with van der Waals surface area (Å²) >= 11 is -3.21. The number of anilines is 2. The molecule has 3 N–H and O–H groups in total. The van der Waals surface area contributed by atoms with Crippen molar-refractivity contribution in [2.45, 2.75) is 57.3 Å². The first kappa shape index (κ1) is 34.1. The maximum Gasteiger partial charge on any atom is 0.405 e. The predicted molar refractivity (Wildman–Crippen MR) is 181 cm³/mol. The number of hydrogen-bond donors (Lipinski definition) is 2. The van der Waals surface area contributed by atoms with E-state index in [-0.39, 0.29) is 23.8 Å². The Morgan fingerprint density at radius 3 is 2.19 bits per heavy atom. The molecule has 2 amide bonds. The summed E-state index contributed by atoms with van der Waals surface area (Å²) in [4.78, 5) is 36.6. The van der Waals surface area contributed by atoms with Gasteiger partial charge in [0.25, 0.3) is 11.6 Å². The van der Waals surface area contributed by atoms with Gasteiger partial charge >= 0.3 is 6.09 Å². The van der Waals surface area contributed by atoms with Gasteiger partial charge < -0.3 is 25.1 Å². The highest BCUT2D eigenvalue weighted by molar-refractivity contribution is 7.81. The Hall–Kier alpha value is -5.27. The van der Waals surface area contributed by atoms with Crippen LogP contribution < -0.4 is 20.1 Å². The highest BCUT2D eigenvalue weighted by atomic mass is 32.2. The molecule has 5 rings (SSSR count). The molecule has 0 heterocycles. The molecule has 1 saturated carbocycles. The first-order chi connectivity index (χ1) is 23.2. The number of nitro benzene ring substituents is 1. The van der Waals surface area contributed by atoms with Crippen molar-refractivity contribution in [2.24, 2.45) is 5.73 Å². The van der Waals surface area contributed by atoms with Gasteiger partial charge in [-0.1, -0.05) is 86.0 Å². The Kier molecular flexibility index (Phi) is 11.4. The molecule has 1 unspecified atom stereocenters. The molecule has 1 aliphatic rings. The Bertz CT molecular complexity index is 1750. The van der Waals surface area contributed by atoms with Crippen molar-refractivity contribution in [1.82, 2.24) is 0 Å². The lowest BCUT2D eigenvalue weighted by molar-refractivity contribution is -0.383. The molecular weight excluding hydrogens is 636 g/mol. The number of carbonyl (C=O) groups is 2. The molecule has 13 heteroatoms. The number of ether oxygens (including phenoxy) is 2. The van der Waals surface area contributed by atoms with Gasteiger partial charge in [-0.15, -0.1) is 0 Å². The maximum absolute atomic E-state index is 13.5. The molecule has 0 aliphatic heterocycles. The number of rotatable bonds is 13. The van der Waals surface area contributed by atoms with Crippen LogP contribution in [0.4, 0.5) is 21.9 Å². The third kappa shape index (κ3) is 8.96. The second kappa shape index (κ2) is 16.0. The number of amides is 2. The standard InChI is InChI=1S/C35H36N4O8S/c36-35(41)47-33(21-24-13-18-30(19-14-24)46-23-25-11-15-27(16-12-25)26-7-3-1-4-8-26)34(40)38(48(44)45)29-17-20-31(32(22-29)39(42)43)37-28-9-5-2-6-10-28/h1,3-4,7-8,11-20,22,28,33,37H,2,5-6,9-10,21,23H2,(H2,36,41)(H,44,45)/p-1/t33-/m0/s1. The third-order valence-corrected chi connectivity index (χ3v) is 8.76. The second-order valence-electron chi connectivity index (χ2n) is 11.4. The van der Waals surface area contributed by atoms with Crippen molar-refractivity contribution in [3.8, 4) is 16.9 Å². The Morgan fingerprint density at radius 1 is 0.917 bits per heavy atom. The van der Waals surface area contributed by atoms with Crippen LogP contribution in [-0.4, -0.2) is 37.8 Å². The van der Waals surface area contributed by atoms with Gasteiger partial charge in [0.15, 0.2) is 6.10 Å². The molecule has 1 aliphatic carbocycles. The molecule has 0 spiro atoms. The van der Waals surface area contributed by atoms with Crippen molar-refractivity contribution in [2.75, 3.05) is 9.62 Å². The molecule has 0 radical (unpaired) electrons. The summed E-state index contributed by atoms with van der Waals surface area (Å²) in [6, 6.07) is 28.4. The van der Waals surface area contributed by atoms with Gasteiger partial charge in [-0.3, -0.25) is 19.1 Å². The van der Waals surface area contributed by atoms with Gasteiger partial charge in [0, 0.05) is 18.5 Å². The Labute approximate surface area is 280 Å². The molecule has 250 valence electrons. The van der Waals surface area contributed by atoms with Gasteiger partial charge in [0.2, 0.25) is 0 Å². The minimum Gasteiger partial charge on any atom is -0.755 e. The summed E-state index contributed by atoms with van der Waals surface area (Å²) in [5.41, 5.74) is 8.46. The number of nitro groups is 1. The normalized spacial score (nSPS) is 14.4. The molecule has 0 bridgehead atoms.